The van der Waals surface area contributed by atoms with Gasteiger partial charge in [0.05, 0.1) is 6.54 Å². The van der Waals surface area contributed by atoms with Crippen LogP contribution in [-0.4, -0.2) is 57.4 Å². The number of aryl methyl sites for hydroxylation is 1. The van der Waals surface area contributed by atoms with Crippen LogP contribution < -0.4 is 15.0 Å². The van der Waals surface area contributed by atoms with Gasteiger partial charge in [-0.1, -0.05) is 17.7 Å². The third-order valence-electron chi connectivity index (χ3n) is 4.94. The summed E-state index contributed by atoms with van der Waals surface area (Å²) in [4.78, 5) is 14.6. The fourth-order valence-electron chi connectivity index (χ4n) is 3.30. The molecule has 1 aliphatic heterocycles. The number of rotatable bonds is 6. The number of anilines is 1. The number of piperidine rings is 1. The average Bonchev–Trinajstić information content (AvgIpc) is 3.20. The molecule has 146 valence electrons. The predicted octanol–water partition coefficient (Wildman–Crippen LogP) is 1.24. The van der Waals surface area contributed by atoms with E-state index < -0.39 is 0 Å². The third kappa shape index (κ3) is 4.19. The Hall–Kier alpha value is -3.23. The maximum atomic E-state index is 12.4. The van der Waals surface area contributed by atoms with E-state index in [-0.39, 0.29) is 11.8 Å². The molecule has 1 N–H and O–H groups in total. The van der Waals surface area contributed by atoms with Crippen LogP contribution in [0.5, 0.6) is 5.75 Å². The molecule has 3 aromatic rings. The molecule has 3 heterocycles. The number of fused-ring (bicyclic) bond motifs is 1. The van der Waals surface area contributed by atoms with Crippen molar-refractivity contribution in [2.24, 2.45) is 5.92 Å². The minimum Gasteiger partial charge on any atom is -0.492 e. The lowest BCUT2D eigenvalue weighted by atomic mass is 9.96. The molecule has 9 heteroatoms. The second-order valence-electron chi connectivity index (χ2n) is 6.93. The maximum Gasteiger partial charge on any atom is 0.223 e. The highest BCUT2D eigenvalue weighted by molar-refractivity contribution is 5.78. The Morgan fingerprint density at radius 1 is 1.18 bits per heavy atom. The molecule has 4 rings (SSSR count). The number of nitrogens with zero attached hydrogens (tertiary/aromatic N) is 6. The highest BCUT2D eigenvalue weighted by atomic mass is 16.5. The summed E-state index contributed by atoms with van der Waals surface area (Å²) >= 11 is 0. The molecule has 0 atom stereocenters. The number of tetrazole rings is 1. The van der Waals surface area contributed by atoms with Crippen molar-refractivity contribution in [3.63, 3.8) is 0 Å². The highest BCUT2D eigenvalue weighted by Crippen LogP contribution is 2.22. The first kappa shape index (κ1) is 18.1. The van der Waals surface area contributed by atoms with Crippen molar-refractivity contribution in [2.45, 2.75) is 19.8 Å². The number of carbonyl (C=O) groups excluding carboxylic acids is 1. The Morgan fingerprint density at radius 2 is 1.96 bits per heavy atom. The minimum absolute atomic E-state index is 0.0207. The SMILES string of the molecule is Cc1ccc(OCCNC(=O)C2CCN(c3ccc4nnnn4n3)CC2)cc1. The first-order chi connectivity index (χ1) is 13.7. The zero-order valence-corrected chi connectivity index (χ0v) is 15.8. The van der Waals surface area contributed by atoms with Crippen LogP contribution in [0.15, 0.2) is 36.4 Å². The summed E-state index contributed by atoms with van der Waals surface area (Å²) in [6, 6.07) is 11.6. The van der Waals surface area contributed by atoms with Crippen molar-refractivity contribution in [2.75, 3.05) is 31.1 Å². The summed E-state index contributed by atoms with van der Waals surface area (Å²) in [7, 11) is 0. The Labute approximate surface area is 162 Å². The van der Waals surface area contributed by atoms with Gasteiger partial charge >= 0.3 is 0 Å². The van der Waals surface area contributed by atoms with Crippen LogP contribution >= 0.6 is 0 Å². The monoisotopic (exact) mass is 381 g/mol. The fraction of sp³-hybridized carbons (Fsp3) is 0.421. The lowest BCUT2D eigenvalue weighted by molar-refractivity contribution is -0.125. The first-order valence-corrected chi connectivity index (χ1v) is 9.46. The van der Waals surface area contributed by atoms with E-state index in [1.54, 1.807) is 0 Å². The van der Waals surface area contributed by atoms with Crippen molar-refractivity contribution in [3.8, 4) is 5.75 Å². The number of hydrogen-bond acceptors (Lipinski definition) is 7. The van der Waals surface area contributed by atoms with Crippen molar-refractivity contribution >= 4 is 17.4 Å². The topological polar surface area (TPSA) is 97.5 Å². The Balaban J connectivity index is 1.20. The van der Waals surface area contributed by atoms with Crippen molar-refractivity contribution in [1.82, 2.24) is 30.6 Å². The van der Waals surface area contributed by atoms with E-state index in [1.807, 2.05) is 43.3 Å². The van der Waals surface area contributed by atoms with E-state index in [2.05, 4.69) is 30.8 Å². The van der Waals surface area contributed by atoms with Crippen LogP contribution in [0.2, 0.25) is 0 Å². The number of amides is 1. The predicted molar refractivity (Wildman–Crippen MR) is 103 cm³/mol. The first-order valence-electron chi connectivity index (χ1n) is 9.46. The van der Waals surface area contributed by atoms with E-state index in [9.17, 15) is 4.79 Å². The number of carbonyl (C=O) groups is 1. The number of aromatic nitrogens is 5. The van der Waals surface area contributed by atoms with Gasteiger partial charge in [-0.05, 0) is 54.5 Å². The summed E-state index contributed by atoms with van der Waals surface area (Å²) in [6.45, 7) is 4.56. The molecule has 0 aliphatic carbocycles. The third-order valence-corrected chi connectivity index (χ3v) is 4.94. The standard InChI is InChI=1S/C19H23N7O2/c1-14-2-4-16(5-3-14)28-13-10-20-19(27)15-8-11-25(12-9-15)18-7-6-17-21-23-24-26(17)22-18/h2-7,15H,8-13H2,1H3,(H,20,27). The number of nitrogens with one attached hydrogen (secondary N) is 1. The highest BCUT2D eigenvalue weighted by Gasteiger charge is 2.25. The van der Waals surface area contributed by atoms with E-state index >= 15 is 0 Å². The number of benzene rings is 1. The van der Waals surface area contributed by atoms with Crippen molar-refractivity contribution in [1.29, 1.82) is 0 Å². The zero-order chi connectivity index (χ0) is 19.3. The molecule has 28 heavy (non-hydrogen) atoms. The molecule has 0 radical (unpaired) electrons. The van der Waals surface area contributed by atoms with Gasteiger partial charge in [-0.25, -0.2) is 0 Å². The molecule has 1 amide bonds. The summed E-state index contributed by atoms with van der Waals surface area (Å²) in [5, 5.41) is 18.7. The van der Waals surface area contributed by atoms with Crippen LogP contribution in [-0.2, 0) is 4.79 Å². The largest absolute Gasteiger partial charge is 0.492 e. The molecule has 0 saturated carbocycles. The normalized spacial score (nSPS) is 15.0. The van der Waals surface area contributed by atoms with E-state index in [4.69, 9.17) is 4.74 Å². The number of ether oxygens (including phenoxy) is 1. The van der Waals surface area contributed by atoms with Crippen LogP contribution in [0.4, 0.5) is 5.82 Å². The van der Waals surface area contributed by atoms with E-state index in [1.165, 1.54) is 10.2 Å². The van der Waals surface area contributed by atoms with Gasteiger partial charge in [-0.15, -0.1) is 14.8 Å². The van der Waals surface area contributed by atoms with Gasteiger partial charge in [0, 0.05) is 19.0 Å². The lowest BCUT2D eigenvalue weighted by Crippen LogP contribution is -2.41. The smallest absolute Gasteiger partial charge is 0.223 e. The average molecular weight is 381 g/mol. The molecule has 1 aliphatic rings. The molecule has 1 fully saturated rings. The molecule has 9 nitrogen and oxygen atoms in total. The zero-order valence-electron chi connectivity index (χ0n) is 15.8. The van der Waals surface area contributed by atoms with Crippen LogP contribution in [0, 0.1) is 12.8 Å². The molecular weight excluding hydrogens is 358 g/mol. The summed E-state index contributed by atoms with van der Waals surface area (Å²) in [5.74, 6) is 1.76. The van der Waals surface area contributed by atoms with Gasteiger partial charge in [0.2, 0.25) is 5.91 Å². The molecule has 0 bridgehead atoms. The second-order valence-corrected chi connectivity index (χ2v) is 6.93. The summed E-state index contributed by atoms with van der Waals surface area (Å²) in [5.41, 5.74) is 1.81. The molecular formula is C19H23N7O2. The maximum absolute atomic E-state index is 12.4. The van der Waals surface area contributed by atoms with Gasteiger partial charge < -0.3 is 15.0 Å². The van der Waals surface area contributed by atoms with E-state index in [0.29, 0.717) is 18.8 Å². The Morgan fingerprint density at radius 3 is 2.75 bits per heavy atom. The summed E-state index contributed by atoms with van der Waals surface area (Å²) < 4.78 is 7.07. The molecule has 0 spiro atoms. The van der Waals surface area contributed by atoms with Gasteiger partial charge in [0.15, 0.2) is 11.5 Å². The van der Waals surface area contributed by atoms with Crippen LogP contribution in [0.3, 0.4) is 0 Å². The Bertz CT molecular complexity index is 933. The summed E-state index contributed by atoms with van der Waals surface area (Å²) in [6.07, 6.45) is 1.58. The van der Waals surface area contributed by atoms with Gasteiger partial charge in [-0.2, -0.15) is 0 Å². The number of hydrogen-bond donors (Lipinski definition) is 1. The van der Waals surface area contributed by atoms with Gasteiger partial charge in [0.1, 0.15) is 12.4 Å². The molecule has 1 aromatic carbocycles. The fourth-order valence-corrected chi connectivity index (χ4v) is 3.30. The van der Waals surface area contributed by atoms with Gasteiger partial charge in [-0.3, -0.25) is 4.79 Å². The quantitative estimate of drug-likeness (QED) is 0.642. The lowest BCUT2D eigenvalue weighted by Gasteiger charge is -2.31. The second kappa shape index (κ2) is 8.20. The molecule has 0 unspecified atom stereocenters. The minimum atomic E-state index is 0.0207. The van der Waals surface area contributed by atoms with Crippen molar-refractivity contribution < 1.29 is 9.53 Å². The van der Waals surface area contributed by atoms with E-state index in [0.717, 1.165) is 37.5 Å². The van der Waals surface area contributed by atoms with Crippen LogP contribution in [0.1, 0.15) is 18.4 Å². The molecule has 2 aromatic heterocycles. The Kier molecular flexibility index (Phi) is 5.31. The van der Waals surface area contributed by atoms with Crippen molar-refractivity contribution in [3.05, 3.63) is 42.0 Å². The van der Waals surface area contributed by atoms with Gasteiger partial charge in [0.25, 0.3) is 0 Å². The molecule has 1 saturated heterocycles. The van der Waals surface area contributed by atoms with Crippen LogP contribution in [0.25, 0.3) is 5.65 Å².